The van der Waals surface area contributed by atoms with E-state index in [0.717, 1.165) is 12.3 Å². The number of hydrogen-bond donors (Lipinski definition) is 1. The second kappa shape index (κ2) is 3.62. The Hall–Kier alpha value is -0.770. The molecular formula is C14H23NO3. The first-order chi connectivity index (χ1) is 8.44. The first kappa shape index (κ1) is 12.3. The van der Waals surface area contributed by atoms with Crippen LogP contribution in [0.15, 0.2) is 0 Å². The maximum atomic E-state index is 11.5. The predicted molar refractivity (Wildman–Crippen MR) is 66.4 cm³/mol. The van der Waals surface area contributed by atoms with Crippen LogP contribution in [0, 0.1) is 29.1 Å². The van der Waals surface area contributed by atoms with Crippen molar-refractivity contribution < 1.29 is 14.4 Å². The maximum absolute atomic E-state index is 11.5. The van der Waals surface area contributed by atoms with E-state index < -0.39 is 6.16 Å². The summed E-state index contributed by atoms with van der Waals surface area (Å²) < 4.78 is 5.73. The molecule has 3 aliphatic carbocycles. The van der Waals surface area contributed by atoms with E-state index in [0.29, 0.717) is 23.2 Å². The molecule has 3 rings (SSSR count). The minimum Gasteiger partial charge on any atom is -0.426 e. The van der Waals surface area contributed by atoms with Crippen molar-refractivity contribution in [2.24, 2.45) is 35.0 Å². The summed E-state index contributed by atoms with van der Waals surface area (Å²) >= 11 is 0. The molecule has 102 valence electrons. The van der Waals surface area contributed by atoms with Crippen molar-refractivity contribution in [3.8, 4) is 0 Å². The highest BCUT2D eigenvalue weighted by molar-refractivity contribution is 5.60. The van der Waals surface area contributed by atoms with E-state index in [-0.39, 0.29) is 5.60 Å². The minimum atomic E-state index is -0.717. The van der Waals surface area contributed by atoms with Crippen LogP contribution < -0.4 is 5.90 Å². The van der Waals surface area contributed by atoms with E-state index in [1.807, 2.05) is 0 Å². The molecule has 2 bridgehead atoms. The molecule has 3 aliphatic rings. The van der Waals surface area contributed by atoms with Crippen molar-refractivity contribution >= 4 is 6.16 Å². The fourth-order valence-corrected chi connectivity index (χ4v) is 5.30. The zero-order valence-corrected chi connectivity index (χ0v) is 11.4. The lowest BCUT2D eigenvalue weighted by Gasteiger charge is -2.41. The molecule has 0 saturated heterocycles. The Labute approximate surface area is 108 Å². The third-order valence-corrected chi connectivity index (χ3v) is 5.73. The van der Waals surface area contributed by atoms with Gasteiger partial charge >= 0.3 is 6.16 Å². The number of fused-ring (bicyclic) bond motifs is 1. The molecule has 0 aromatic rings. The van der Waals surface area contributed by atoms with Crippen molar-refractivity contribution in [3.05, 3.63) is 0 Å². The first-order valence-corrected chi connectivity index (χ1v) is 7.04. The van der Waals surface area contributed by atoms with E-state index in [1.165, 1.54) is 19.3 Å². The fourth-order valence-electron chi connectivity index (χ4n) is 5.30. The van der Waals surface area contributed by atoms with Crippen LogP contribution in [0.3, 0.4) is 0 Å². The van der Waals surface area contributed by atoms with Crippen LogP contribution in [-0.2, 0) is 9.57 Å². The predicted octanol–water partition coefficient (Wildman–Crippen LogP) is 2.86. The Morgan fingerprint density at radius 2 is 2.06 bits per heavy atom. The van der Waals surface area contributed by atoms with Gasteiger partial charge in [-0.05, 0) is 42.9 Å². The molecule has 0 radical (unpaired) electrons. The fraction of sp³-hybridized carbons (Fsp3) is 0.929. The van der Waals surface area contributed by atoms with Crippen molar-refractivity contribution in [2.75, 3.05) is 0 Å². The highest BCUT2D eigenvalue weighted by Crippen LogP contribution is 2.77. The van der Waals surface area contributed by atoms with Crippen molar-refractivity contribution in [1.29, 1.82) is 0 Å². The van der Waals surface area contributed by atoms with Gasteiger partial charge in [0, 0.05) is 11.8 Å². The number of ether oxygens (including phenoxy) is 1. The largest absolute Gasteiger partial charge is 0.528 e. The van der Waals surface area contributed by atoms with Crippen LogP contribution in [0.25, 0.3) is 0 Å². The molecule has 0 aromatic carbocycles. The average Bonchev–Trinajstić information content (AvgIpc) is 2.92. The van der Waals surface area contributed by atoms with Gasteiger partial charge in [0.15, 0.2) is 0 Å². The topological polar surface area (TPSA) is 61.5 Å². The van der Waals surface area contributed by atoms with Gasteiger partial charge in [0.1, 0.15) is 5.60 Å². The summed E-state index contributed by atoms with van der Waals surface area (Å²) in [5.41, 5.74) is 0.128. The van der Waals surface area contributed by atoms with Gasteiger partial charge in [-0.25, -0.2) is 4.79 Å². The summed E-state index contributed by atoms with van der Waals surface area (Å²) in [6.45, 7) is 6.63. The number of carbonyl (C=O) groups excluding carboxylic acids is 1. The molecular weight excluding hydrogens is 230 g/mol. The molecule has 2 N–H and O–H groups in total. The Morgan fingerprint density at radius 3 is 2.67 bits per heavy atom. The third kappa shape index (κ3) is 1.38. The molecule has 0 aromatic heterocycles. The second-order valence-corrected chi connectivity index (χ2v) is 7.04. The van der Waals surface area contributed by atoms with Crippen LogP contribution >= 0.6 is 0 Å². The molecule has 0 amide bonds. The summed E-state index contributed by atoms with van der Waals surface area (Å²) in [6.07, 6.45) is 4.17. The number of rotatable bonds is 2. The average molecular weight is 253 g/mol. The lowest BCUT2D eigenvalue weighted by molar-refractivity contribution is -0.102. The molecule has 3 fully saturated rings. The zero-order chi connectivity index (χ0) is 13.1. The van der Waals surface area contributed by atoms with E-state index in [9.17, 15) is 4.79 Å². The van der Waals surface area contributed by atoms with Gasteiger partial charge < -0.3 is 9.57 Å². The Morgan fingerprint density at radius 1 is 1.33 bits per heavy atom. The highest BCUT2D eigenvalue weighted by atomic mass is 16.8. The van der Waals surface area contributed by atoms with Gasteiger partial charge in [-0.3, -0.25) is 0 Å². The number of hydrogen-bond acceptors (Lipinski definition) is 4. The summed E-state index contributed by atoms with van der Waals surface area (Å²) in [5, 5.41) is 0. The highest BCUT2D eigenvalue weighted by Gasteiger charge is 2.76. The maximum Gasteiger partial charge on any atom is 0.528 e. The van der Waals surface area contributed by atoms with Crippen LogP contribution in [0.5, 0.6) is 0 Å². The molecule has 3 saturated carbocycles. The number of carbonyl (C=O) groups is 1. The SMILES string of the molecule is CC1CC2CC3(C1)CC3C2(OC(=O)ON)C(C)C. The molecule has 0 aliphatic heterocycles. The van der Waals surface area contributed by atoms with Crippen LogP contribution in [0.1, 0.15) is 46.5 Å². The van der Waals surface area contributed by atoms with Crippen LogP contribution in [0.2, 0.25) is 0 Å². The van der Waals surface area contributed by atoms with Crippen LogP contribution in [-0.4, -0.2) is 11.8 Å². The van der Waals surface area contributed by atoms with E-state index in [2.05, 4.69) is 25.6 Å². The van der Waals surface area contributed by atoms with Gasteiger partial charge in [-0.1, -0.05) is 20.8 Å². The first-order valence-electron chi connectivity index (χ1n) is 7.04. The molecule has 4 nitrogen and oxygen atoms in total. The Kier molecular flexibility index (Phi) is 2.47. The van der Waals surface area contributed by atoms with Gasteiger partial charge in [0.05, 0.1) is 0 Å². The smallest absolute Gasteiger partial charge is 0.426 e. The third-order valence-electron chi connectivity index (χ3n) is 5.73. The minimum absolute atomic E-state index is 0.321. The molecule has 4 heteroatoms. The van der Waals surface area contributed by atoms with Gasteiger partial charge in [0.2, 0.25) is 0 Å². The van der Waals surface area contributed by atoms with E-state index >= 15 is 0 Å². The molecule has 5 unspecified atom stereocenters. The monoisotopic (exact) mass is 253 g/mol. The molecule has 18 heavy (non-hydrogen) atoms. The summed E-state index contributed by atoms with van der Waals surface area (Å²) in [4.78, 5) is 15.8. The quantitative estimate of drug-likeness (QED) is 0.607. The van der Waals surface area contributed by atoms with Gasteiger partial charge in [-0.15, -0.1) is 0 Å². The molecule has 1 spiro atoms. The van der Waals surface area contributed by atoms with E-state index in [4.69, 9.17) is 10.6 Å². The molecule has 5 atom stereocenters. The van der Waals surface area contributed by atoms with Crippen molar-refractivity contribution in [2.45, 2.75) is 52.1 Å². The van der Waals surface area contributed by atoms with Gasteiger partial charge in [-0.2, -0.15) is 5.90 Å². The van der Waals surface area contributed by atoms with Gasteiger partial charge in [0.25, 0.3) is 0 Å². The second-order valence-electron chi connectivity index (χ2n) is 7.04. The Bertz CT molecular complexity index is 383. The van der Waals surface area contributed by atoms with Crippen molar-refractivity contribution in [3.63, 3.8) is 0 Å². The summed E-state index contributed by atoms with van der Waals surface area (Å²) in [7, 11) is 0. The normalized spacial score (nSPS) is 48.8. The summed E-state index contributed by atoms with van der Waals surface area (Å²) in [6, 6.07) is 0. The zero-order valence-electron chi connectivity index (χ0n) is 11.4. The van der Waals surface area contributed by atoms with Crippen molar-refractivity contribution in [1.82, 2.24) is 0 Å². The number of nitrogens with two attached hydrogens (primary N) is 1. The standard InChI is InChI=1S/C14H23NO3/c1-8(2)14(17-12(16)18-15)10-4-9(3)5-13(6-10)7-11(13)14/h8-11H,4-7,15H2,1-3H3. The molecule has 0 heterocycles. The van der Waals surface area contributed by atoms with E-state index in [1.54, 1.807) is 0 Å². The lowest BCUT2D eigenvalue weighted by Crippen LogP contribution is -2.47. The Balaban J connectivity index is 1.93. The summed E-state index contributed by atoms with van der Waals surface area (Å²) in [5.74, 6) is 7.03. The lowest BCUT2D eigenvalue weighted by atomic mass is 9.71. The van der Waals surface area contributed by atoms with Crippen LogP contribution in [0.4, 0.5) is 4.79 Å².